The zero-order valence-electron chi connectivity index (χ0n) is 17.3. The van der Waals surface area contributed by atoms with Crippen molar-refractivity contribution in [1.29, 1.82) is 0 Å². The number of carbonyl (C=O) groups excluding carboxylic acids is 1. The van der Waals surface area contributed by atoms with Crippen molar-refractivity contribution in [3.05, 3.63) is 76.2 Å². The summed E-state index contributed by atoms with van der Waals surface area (Å²) in [6.45, 7) is 2.25. The Morgan fingerprint density at radius 3 is 2.78 bits per heavy atom. The number of aryl methyl sites for hydroxylation is 1. The lowest BCUT2D eigenvalue weighted by molar-refractivity contribution is -0.113. The molecule has 0 radical (unpaired) electrons. The van der Waals surface area contributed by atoms with Gasteiger partial charge in [-0.15, -0.1) is 21.5 Å². The van der Waals surface area contributed by atoms with Gasteiger partial charge in [-0.1, -0.05) is 35.5 Å². The number of thiophene rings is 1. The van der Waals surface area contributed by atoms with Gasteiger partial charge in [0, 0.05) is 28.7 Å². The van der Waals surface area contributed by atoms with E-state index in [-0.39, 0.29) is 18.5 Å². The van der Waals surface area contributed by atoms with Crippen LogP contribution in [0.25, 0.3) is 5.69 Å². The van der Waals surface area contributed by atoms with Gasteiger partial charge in [0.15, 0.2) is 16.7 Å². The summed E-state index contributed by atoms with van der Waals surface area (Å²) in [5.74, 6) is 2.23. The number of benzene rings is 2. The molecule has 0 spiro atoms. The first-order valence-corrected chi connectivity index (χ1v) is 11.9. The van der Waals surface area contributed by atoms with E-state index in [2.05, 4.69) is 46.0 Å². The van der Waals surface area contributed by atoms with Crippen molar-refractivity contribution in [2.45, 2.75) is 18.5 Å². The molecular formula is C23H20N4O3S2. The molecule has 5 rings (SSSR count). The molecule has 1 amide bonds. The van der Waals surface area contributed by atoms with Crippen LogP contribution in [0.15, 0.2) is 65.1 Å². The Bertz CT molecular complexity index is 1240. The molecule has 0 unspecified atom stereocenters. The second kappa shape index (κ2) is 9.05. The van der Waals surface area contributed by atoms with E-state index in [0.29, 0.717) is 28.8 Å². The summed E-state index contributed by atoms with van der Waals surface area (Å²) < 4.78 is 12.7. The van der Waals surface area contributed by atoms with Gasteiger partial charge in [0.2, 0.25) is 12.7 Å². The minimum absolute atomic E-state index is 0.132. The number of hydrogen-bond acceptors (Lipinski definition) is 7. The van der Waals surface area contributed by atoms with Gasteiger partial charge in [0.25, 0.3) is 0 Å². The molecule has 2 aromatic heterocycles. The van der Waals surface area contributed by atoms with E-state index in [0.717, 1.165) is 11.5 Å². The number of aromatic nitrogens is 3. The number of nitrogens with one attached hydrogen (secondary N) is 1. The van der Waals surface area contributed by atoms with E-state index >= 15 is 0 Å². The normalized spacial score (nSPS) is 12.2. The Labute approximate surface area is 193 Å². The lowest BCUT2D eigenvalue weighted by atomic mass is 10.2. The summed E-state index contributed by atoms with van der Waals surface area (Å²) >= 11 is 3.05. The molecule has 0 saturated heterocycles. The maximum absolute atomic E-state index is 12.6. The van der Waals surface area contributed by atoms with Gasteiger partial charge in [-0.2, -0.15) is 0 Å². The molecule has 0 aliphatic carbocycles. The maximum atomic E-state index is 12.6. The molecule has 3 heterocycles. The fraction of sp³-hybridized carbons (Fsp3) is 0.174. The van der Waals surface area contributed by atoms with Gasteiger partial charge in [-0.3, -0.25) is 9.36 Å². The van der Waals surface area contributed by atoms with Crippen LogP contribution in [0.3, 0.4) is 0 Å². The first kappa shape index (κ1) is 20.6. The topological polar surface area (TPSA) is 78.3 Å². The second-order valence-electron chi connectivity index (χ2n) is 7.23. The monoisotopic (exact) mass is 464 g/mol. The number of fused-ring (bicyclic) bond motifs is 1. The maximum Gasteiger partial charge on any atom is 0.234 e. The molecule has 1 aliphatic heterocycles. The van der Waals surface area contributed by atoms with Crippen molar-refractivity contribution < 1.29 is 14.3 Å². The van der Waals surface area contributed by atoms with Crippen molar-refractivity contribution in [3.8, 4) is 17.2 Å². The average Bonchev–Trinajstić information content (AvgIpc) is 3.54. The number of hydrogen-bond donors (Lipinski definition) is 1. The van der Waals surface area contributed by atoms with Gasteiger partial charge in [0.05, 0.1) is 5.75 Å². The van der Waals surface area contributed by atoms with Crippen LogP contribution >= 0.6 is 23.1 Å². The van der Waals surface area contributed by atoms with Crippen molar-refractivity contribution in [3.63, 3.8) is 0 Å². The fourth-order valence-corrected chi connectivity index (χ4v) is 4.80. The number of amides is 1. The SMILES string of the molecule is Cc1ccc(-n2c(Cc3cccs3)nnc2SCC(=O)Nc2ccc3c(c2)OCO3)cc1. The van der Waals surface area contributed by atoms with Crippen LogP contribution < -0.4 is 14.8 Å². The molecule has 162 valence electrons. The van der Waals surface area contributed by atoms with Crippen molar-refractivity contribution in [1.82, 2.24) is 14.8 Å². The van der Waals surface area contributed by atoms with Crippen LogP contribution in [0.4, 0.5) is 5.69 Å². The van der Waals surface area contributed by atoms with Crippen LogP contribution in [0, 0.1) is 6.92 Å². The predicted molar refractivity (Wildman–Crippen MR) is 125 cm³/mol. The number of ether oxygens (including phenoxy) is 2. The van der Waals surface area contributed by atoms with E-state index in [1.165, 1.54) is 22.2 Å². The Hall–Kier alpha value is -3.30. The highest BCUT2D eigenvalue weighted by Gasteiger charge is 2.18. The highest BCUT2D eigenvalue weighted by Crippen LogP contribution is 2.34. The zero-order chi connectivity index (χ0) is 21.9. The molecule has 1 aliphatic rings. The van der Waals surface area contributed by atoms with Crippen LogP contribution in [0.1, 0.15) is 16.3 Å². The zero-order valence-corrected chi connectivity index (χ0v) is 18.9. The molecule has 0 atom stereocenters. The standard InChI is InChI=1S/C23H20N4O3S2/c1-15-4-7-17(8-5-15)27-21(12-18-3-2-10-31-18)25-26-23(27)32-13-22(28)24-16-6-9-19-20(11-16)30-14-29-19/h2-11H,12-14H2,1H3,(H,24,28). The van der Waals surface area contributed by atoms with Crippen LogP contribution in [-0.2, 0) is 11.2 Å². The predicted octanol–water partition coefficient (Wildman–Crippen LogP) is 4.69. The number of carbonyl (C=O) groups is 1. The molecule has 1 N–H and O–H groups in total. The summed E-state index contributed by atoms with van der Waals surface area (Å²) in [4.78, 5) is 13.8. The minimum Gasteiger partial charge on any atom is -0.454 e. The summed E-state index contributed by atoms with van der Waals surface area (Å²) in [6, 6.07) is 17.7. The summed E-state index contributed by atoms with van der Waals surface area (Å²) in [6.07, 6.45) is 0.683. The number of thioether (sulfide) groups is 1. The Morgan fingerprint density at radius 2 is 1.97 bits per heavy atom. The molecule has 0 fully saturated rings. The van der Waals surface area contributed by atoms with Crippen molar-refractivity contribution >= 4 is 34.7 Å². The van der Waals surface area contributed by atoms with E-state index < -0.39 is 0 Å². The quantitative estimate of drug-likeness (QED) is 0.400. The lowest BCUT2D eigenvalue weighted by Gasteiger charge is -2.11. The van der Waals surface area contributed by atoms with Crippen LogP contribution in [0.5, 0.6) is 11.5 Å². The van der Waals surface area contributed by atoms with E-state index in [9.17, 15) is 4.79 Å². The van der Waals surface area contributed by atoms with E-state index in [1.54, 1.807) is 29.5 Å². The minimum atomic E-state index is -0.132. The first-order chi connectivity index (χ1) is 15.7. The number of rotatable bonds is 7. The first-order valence-electron chi connectivity index (χ1n) is 10.0. The van der Waals surface area contributed by atoms with Gasteiger partial charge < -0.3 is 14.8 Å². The molecular weight excluding hydrogens is 444 g/mol. The fourth-order valence-electron chi connectivity index (χ4n) is 3.33. The molecule has 0 saturated carbocycles. The van der Waals surface area contributed by atoms with Gasteiger partial charge in [-0.05, 0) is 42.6 Å². The number of nitrogens with zero attached hydrogens (tertiary/aromatic N) is 3. The van der Waals surface area contributed by atoms with Gasteiger partial charge >= 0.3 is 0 Å². The van der Waals surface area contributed by atoms with E-state index in [4.69, 9.17) is 9.47 Å². The Morgan fingerprint density at radius 1 is 1.12 bits per heavy atom. The molecule has 2 aromatic carbocycles. The Kier molecular flexibility index (Phi) is 5.83. The van der Waals surface area contributed by atoms with Crippen LogP contribution in [0.2, 0.25) is 0 Å². The smallest absolute Gasteiger partial charge is 0.234 e. The largest absolute Gasteiger partial charge is 0.454 e. The van der Waals surface area contributed by atoms with Crippen LogP contribution in [-0.4, -0.2) is 33.2 Å². The second-order valence-corrected chi connectivity index (χ2v) is 9.21. The molecule has 32 heavy (non-hydrogen) atoms. The summed E-state index contributed by atoms with van der Waals surface area (Å²) in [5, 5.41) is 14.4. The van der Waals surface area contributed by atoms with Crippen molar-refractivity contribution in [2.75, 3.05) is 17.9 Å². The summed E-state index contributed by atoms with van der Waals surface area (Å²) in [5.41, 5.74) is 2.82. The summed E-state index contributed by atoms with van der Waals surface area (Å²) in [7, 11) is 0. The lowest BCUT2D eigenvalue weighted by Crippen LogP contribution is -2.14. The van der Waals surface area contributed by atoms with E-state index in [1.807, 2.05) is 22.8 Å². The average molecular weight is 465 g/mol. The van der Waals surface area contributed by atoms with Gasteiger partial charge in [0.1, 0.15) is 5.82 Å². The third kappa shape index (κ3) is 4.49. The third-order valence-corrected chi connectivity index (χ3v) is 6.70. The van der Waals surface area contributed by atoms with Gasteiger partial charge in [-0.25, -0.2) is 0 Å². The molecule has 4 aromatic rings. The highest BCUT2D eigenvalue weighted by atomic mass is 32.2. The molecule has 7 nitrogen and oxygen atoms in total. The van der Waals surface area contributed by atoms with Crippen molar-refractivity contribution in [2.24, 2.45) is 0 Å². The highest BCUT2D eigenvalue weighted by molar-refractivity contribution is 7.99. The number of anilines is 1. The molecule has 9 heteroatoms. The molecule has 0 bridgehead atoms. The Balaban J connectivity index is 1.33. The third-order valence-electron chi connectivity index (χ3n) is 4.89.